The zero-order valence-corrected chi connectivity index (χ0v) is 10.9. The Bertz CT molecular complexity index is 396. The Morgan fingerprint density at radius 2 is 2.06 bits per heavy atom. The molecule has 1 atom stereocenters. The van der Waals surface area contributed by atoms with Gasteiger partial charge in [0.15, 0.2) is 0 Å². The van der Waals surface area contributed by atoms with E-state index in [4.69, 9.17) is 4.74 Å². The number of carbonyl (C=O) groups is 1. The van der Waals surface area contributed by atoms with Gasteiger partial charge in [-0.05, 0) is 30.9 Å². The lowest BCUT2D eigenvalue weighted by molar-refractivity contribution is -0.143. The highest BCUT2D eigenvalue weighted by Gasteiger charge is 2.23. The molecule has 0 aliphatic heterocycles. The fourth-order valence-corrected chi connectivity index (χ4v) is 1.91. The molecular weight excluding hydrogens is 216 g/mol. The van der Waals surface area contributed by atoms with Crippen molar-refractivity contribution in [3.05, 3.63) is 29.3 Å². The molecule has 0 saturated heterocycles. The molecule has 0 fully saturated rings. The molecule has 1 rings (SSSR count). The summed E-state index contributed by atoms with van der Waals surface area (Å²) in [5.41, 5.74) is 2.09. The lowest BCUT2D eigenvalue weighted by Crippen LogP contribution is -2.22. The number of ether oxygens (including phenoxy) is 1. The maximum Gasteiger partial charge on any atom is 0.307 e. The van der Waals surface area contributed by atoms with E-state index in [2.05, 4.69) is 0 Å². The van der Waals surface area contributed by atoms with Crippen molar-refractivity contribution >= 4 is 5.97 Å². The maximum absolute atomic E-state index is 11.2. The highest BCUT2D eigenvalue weighted by molar-refractivity contribution is 5.71. The van der Waals surface area contributed by atoms with Gasteiger partial charge in [0, 0.05) is 0 Å². The molecule has 0 radical (unpaired) electrons. The molecule has 17 heavy (non-hydrogen) atoms. The van der Waals surface area contributed by atoms with Crippen LogP contribution in [0.15, 0.2) is 18.2 Å². The topological polar surface area (TPSA) is 46.5 Å². The molecule has 1 N–H and O–H groups in total. The van der Waals surface area contributed by atoms with Gasteiger partial charge >= 0.3 is 5.97 Å². The van der Waals surface area contributed by atoms with E-state index in [0.29, 0.717) is 6.42 Å². The first-order chi connectivity index (χ1) is 7.95. The van der Waals surface area contributed by atoms with Crippen LogP contribution in [-0.2, 0) is 11.2 Å². The third kappa shape index (κ3) is 3.48. The van der Waals surface area contributed by atoms with E-state index in [1.807, 2.05) is 39.0 Å². The van der Waals surface area contributed by atoms with E-state index >= 15 is 0 Å². The number of aliphatic carboxylic acids is 1. The standard InChI is InChI=1S/C14H20O3/c1-9(2)12(14(15)16)8-11-7-10(3)5-6-13(11)17-4/h5-7,9,12H,8H2,1-4H3,(H,15,16). The van der Waals surface area contributed by atoms with Gasteiger partial charge in [0.1, 0.15) is 5.75 Å². The number of carboxylic acid groups (broad SMARTS) is 1. The Morgan fingerprint density at radius 3 is 2.53 bits per heavy atom. The molecule has 0 saturated carbocycles. The Morgan fingerprint density at radius 1 is 1.41 bits per heavy atom. The van der Waals surface area contributed by atoms with Gasteiger partial charge < -0.3 is 9.84 Å². The van der Waals surface area contributed by atoms with Gasteiger partial charge in [-0.3, -0.25) is 4.79 Å². The minimum Gasteiger partial charge on any atom is -0.496 e. The second-order valence-corrected chi connectivity index (χ2v) is 4.71. The quantitative estimate of drug-likeness (QED) is 0.855. The first kappa shape index (κ1) is 13.6. The van der Waals surface area contributed by atoms with Gasteiger partial charge in [-0.2, -0.15) is 0 Å². The predicted molar refractivity (Wildman–Crippen MR) is 67.4 cm³/mol. The molecule has 0 heterocycles. The van der Waals surface area contributed by atoms with E-state index in [0.717, 1.165) is 16.9 Å². The molecule has 0 aromatic heterocycles. The van der Waals surface area contributed by atoms with E-state index in [1.54, 1.807) is 7.11 Å². The zero-order valence-electron chi connectivity index (χ0n) is 10.9. The molecule has 94 valence electrons. The van der Waals surface area contributed by atoms with Crippen molar-refractivity contribution in [3.63, 3.8) is 0 Å². The van der Waals surface area contributed by atoms with Crippen LogP contribution in [0.4, 0.5) is 0 Å². The number of benzene rings is 1. The summed E-state index contributed by atoms with van der Waals surface area (Å²) >= 11 is 0. The molecule has 3 heteroatoms. The van der Waals surface area contributed by atoms with Gasteiger partial charge in [-0.25, -0.2) is 0 Å². The van der Waals surface area contributed by atoms with Crippen molar-refractivity contribution in [3.8, 4) is 5.75 Å². The summed E-state index contributed by atoms with van der Waals surface area (Å²) in [5, 5.41) is 9.20. The van der Waals surface area contributed by atoms with Crippen molar-refractivity contribution in [1.29, 1.82) is 0 Å². The van der Waals surface area contributed by atoms with Crippen LogP contribution in [0.5, 0.6) is 5.75 Å². The zero-order chi connectivity index (χ0) is 13.0. The lowest BCUT2D eigenvalue weighted by atomic mass is 9.88. The summed E-state index contributed by atoms with van der Waals surface area (Å²) in [5.74, 6) is -0.241. The fraction of sp³-hybridized carbons (Fsp3) is 0.500. The minimum atomic E-state index is -0.747. The highest BCUT2D eigenvalue weighted by Crippen LogP contribution is 2.25. The first-order valence-corrected chi connectivity index (χ1v) is 5.82. The second-order valence-electron chi connectivity index (χ2n) is 4.71. The lowest BCUT2D eigenvalue weighted by Gasteiger charge is -2.18. The van der Waals surface area contributed by atoms with Gasteiger partial charge in [0.05, 0.1) is 13.0 Å². The SMILES string of the molecule is COc1ccc(C)cc1CC(C(=O)O)C(C)C. The van der Waals surface area contributed by atoms with E-state index < -0.39 is 5.97 Å². The smallest absolute Gasteiger partial charge is 0.307 e. The van der Waals surface area contributed by atoms with Crippen LogP contribution < -0.4 is 4.74 Å². The summed E-state index contributed by atoms with van der Waals surface area (Å²) < 4.78 is 5.27. The monoisotopic (exact) mass is 236 g/mol. The second kappa shape index (κ2) is 5.71. The van der Waals surface area contributed by atoms with Crippen LogP contribution in [0.25, 0.3) is 0 Å². The Kier molecular flexibility index (Phi) is 4.55. The molecule has 1 aromatic rings. The van der Waals surface area contributed by atoms with Gasteiger partial charge in [-0.1, -0.05) is 31.5 Å². The van der Waals surface area contributed by atoms with Crippen molar-refractivity contribution in [1.82, 2.24) is 0 Å². The Hall–Kier alpha value is -1.51. The first-order valence-electron chi connectivity index (χ1n) is 5.82. The van der Waals surface area contributed by atoms with Crippen molar-refractivity contribution in [2.24, 2.45) is 11.8 Å². The maximum atomic E-state index is 11.2. The largest absolute Gasteiger partial charge is 0.496 e. The van der Waals surface area contributed by atoms with E-state index in [1.165, 1.54) is 0 Å². The van der Waals surface area contributed by atoms with Crippen LogP contribution in [0.2, 0.25) is 0 Å². The van der Waals surface area contributed by atoms with Crippen molar-refractivity contribution in [2.75, 3.05) is 7.11 Å². The number of hydrogen-bond acceptors (Lipinski definition) is 2. The normalized spacial score (nSPS) is 12.5. The fourth-order valence-electron chi connectivity index (χ4n) is 1.91. The van der Waals surface area contributed by atoms with Gasteiger partial charge in [0.25, 0.3) is 0 Å². The third-order valence-corrected chi connectivity index (χ3v) is 3.00. The van der Waals surface area contributed by atoms with Crippen LogP contribution >= 0.6 is 0 Å². The molecule has 0 spiro atoms. The number of aryl methyl sites for hydroxylation is 1. The minimum absolute atomic E-state index is 0.109. The predicted octanol–water partition coefficient (Wildman–Crippen LogP) is 2.90. The molecule has 1 unspecified atom stereocenters. The molecule has 0 bridgehead atoms. The summed E-state index contributed by atoms with van der Waals surface area (Å²) in [4.78, 5) is 11.2. The Balaban J connectivity index is 2.99. The summed E-state index contributed by atoms with van der Waals surface area (Å²) in [6.07, 6.45) is 0.512. The average Bonchev–Trinajstić information content (AvgIpc) is 2.25. The molecule has 0 aliphatic carbocycles. The molecular formula is C14H20O3. The van der Waals surface area contributed by atoms with Crippen LogP contribution in [0.1, 0.15) is 25.0 Å². The van der Waals surface area contributed by atoms with Gasteiger partial charge in [0.2, 0.25) is 0 Å². The van der Waals surface area contributed by atoms with E-state index in [9.17, 15) is 9.90 Å². The number of carboxylic acids is 1. The van der Waals surface area contributed by atoms with Crippen LogP contribution in [-0.4, -0.2) is 18.2 Å². The third-order valence-electron chi connectivity index (χ3n) is 3.00. The van der Waals surface area contributed by atoms with Gasteiger partial charge in [-0.15, -0.1) is 0 Å². The van der Waals surface area contributed by atoms with Crippen LogP contribution in [0.3, 0.4) is 0 Å². The van der Waals surface area contributed by atoms with Crippen molar-refractivity contribution < 1.29 is 14.6 Å². The number of methoxy groups -OCH3 is 1. The molecule has 0 aliphatic rings. The Labute approximate surface area is 102 Å². The summed E-state index contributed by atoms with van der Waals surface area (Å²) in [7, 11) is 1.61. The van der Waals surface area contributed by atoms with E-state index in [-0.39, 0.29) is 11.8 Å². The van der Waals surface area contributed by atoms with Crippen molar-refractivity contribution in [2.45, 2.75) is 27.2 Å². The molecule has 3 nitrogen and oxygen atoms in total. The highest BCUT2D eigenvalue weighted by atomic mass is 16.5. The summed E-state index contributed by atoms with van der Waals surface area (Å²) in [6, 6.07) is 5.86. The summed E-state index contributed by atoms with van der Waals surface area (Å²) in [6.45, 7) is 5.86. The molecule has 0 amide bonds. The molecule has 1 aromatic carbocycles. The number of hydrogen-bond donors (Lipinski definition) is 1. The number of rotatable bonds is 5. The average molecular weight is 236 g/mol. The van der Waals surface area contributed by atoms with Crippen LogP contribution in [0, 0.1) is 18.8 Å².